The molecule has 1 N–H and O–H groups in total. The summed E-state index contributed by atoms with van der Waals surface area (Å²) < 4.78 is 4.52. The fourth-order valence-corrected chi connectivity index (χ4v) is 1.53. The van der Waals surface area contributed by atoms with Crippen molar-refractivity contribution in [3.05, 3.63) is 35.9 Å². The van der Waals surface area contributed by atoms with Gasteiger partial charge < -0.3 is 10.1 Å². The van der Waals surface area contributed by atoms with Crippen LogP contribution in [-0.4, -0.2) is 30.9 Å². The van der Waals surface area contributed by atoms with Gasteiger partial charge in [0.05, 0.1) is 19.4 Å². The van der Waals surface area contributed by atoms with Gasteiger partial charge in [0.1, 0.15) is 6.04 Å². The molecule has 1 rings (SSSR count). The Bertz CT molecular complexity index is 381. The Morgan fingerprint density at radius 2 is 2.00 bits per heavy atom. The van der Waals surface area contributed by atoms with Gasteiger partial charge in [0.25, 0.3) is 0 Å². The molecule has 0 saturated heterocycles. The third-order valence-electron chi connectivity index (χ3n) is 2.18. The van der Waals surface area contributed by atoms with E-state index < -0.39 is 12.0 Å². The Balaban J connectivity index is 2.51. The van der Waals surface area contributed by atoms with Crippen molar-refractivity contribution in [2.75, 3.05) is 13.0 Å². The molecule has 1 atom stereocenters. The molecule has 0 bridgehead atoms. The molecule has 0 aliphatic rings. The molecule has 4 nitrogen and oxygen atoms in total. The van der Waals surface area contributed by atoms with Gasteiger partial charge in [-0.05, 0) is 5.56 Å². The average molecular weight is 256 g/mol. The summed E-state index contributed by atoms with van der Waals surface area (Å²) in [7, 11) is 1.26. The number of amides is 1. The summed E-state index contributed by atoms with van der Waals surface area (Å²) in [6.07, 6.45) is 0.214. The predicted molar refractivity (Wildman–Crippen MR) is 64.8 cm³/mol. The largest absolute Gasteiger partial charge is 0.467 e. The topological polar surface area (TPSA) is 55.4 Å². The van der Waals surface area contributed by atoms with E-state index >= 15 is 0 Å². The van der Waals surface area contributed by atoms with Crippen molar-refractivity contribution < 1.29 is 14.3 Å². The van der Waals surface area contributed by atoms with E-state index in [9.17, 15) is 9.59 Å². The summed E-state index contributed by atoms with van der Waals surface area (Å²) in [5.74, 6) is -0.804. The van der Waals surface area contributed by atoms with Crippen LogP contribution in [0.2, 0.25) is 0 Å². The predicted octanol–water partition coefficient (Wildman–Crippen LogP) is 1.13. The highest BCUT2D eigenvalue weighted by atomic mass is 35.5. The van der Waals surface area contributed by atoms with Crippen LogP contribution in [0, 0.1) is 0 Å². The number of benzene rings is 1. The third kappa shape index (κ3) is 4.44. The minimum absolute atomic E-state index is 0.00674. The number of nitrogens with one attached hydrogen (secondary N) is 1. The molecule has 1 amide bonds. The first-order valence-corrected chi connectivity index (χ1v) is 5.68. The molecule has 0 aliphatic heterocycles. The second-order valence-electron chi connectivity index (χ2n) is 3.46. The highest BCUT2D eigenvalue weighted by Gasteiger charge is 2.20. The Morgan fingerprint density at radius 3 is 2.53 bits per heavy atom. The highest BCUT2D eigenvalue weighted by Crippen LogP contribution is 2.00. The number of carbonyl (C=O) groups excluding carboxylic acids is 2. The van der Waals surface area contributed by atoms with Crippen molar-refractivity contribution in [1.29, 1.82) is 0 Å². The molecule has 0 radical (unpaired) electrons. The third-order valence-corrected chi connectivity index (χ3v) is 2.49. The van der Waals surface area contributed by atoms with Gasteiger partial charge in [0.15, 0.2) is 0 Å². The highest BCUT2D eigenvalue weighted by molar-refractivity contribution is 6.19. The number of methoxy groups -OCH3 is 1. The van der Waals surface area contributed by atoms with Gasteiger partial charge in [-0.2, -0.15) is 0 Å². The number of carbonyl (C=O) groups is 2. The molecule has 0 heterocycles. The maximum Gasteiger partial charge on any atom is 0.329 e. The summed E-state index contributed by atoms with van der Waals surface area (Å²) in [6.45, 7) is 0. The molecule has 0 saturated carbocycles. The van der Waals surface area contributed by atoms with Crippen molar-refractivity contribution in [2.24, 2.45) is 0 Å². The molecule has 1 unspecified atom stereocenters. The van der Waals surface area contributed by atoms with Crippen LogP contribution in [0.15, 0.2) is 30.3 Å². The van der Waals surface area contributed by atoms with Crippen molar-refractivity contribution in [1.82, 2.24) is 5.32 Å². The molecule has 0 aromatic heterocycles. The SMILES string of the molecule is COC(=O)C(CCl)NC(=O)Cc1ccccc1. The van der Waals surface area contributed by atoms with E-state index in [1.54, 1.807) is 0 Å². The van der Waals surface area contributed by atoms with Crippen LogP contribution < -0.4 is 5.32 Å². The van der Waals surface area contributed by atoms with E-state index in [0.717, 1.165) is 5.56 Å². The van der Waals surface area contributed by atoms with Crippen LogP contribution in [0.1, 0.15) is 5.56 Å². The number of hydrogen-bond donors (Lipinski definition) is 1. The normalized spacial score (nSPS) is 11.6. The summed E-state index contributed by atoms with van der Waals surface area (Å²) in [5, 5.41) is 2.52. The Morgan fingerprint density at radius 1 is 1.35 bits per heavy atom. The standard InChI is InChI=1S/C12H14ClNO3/c1-17-12(16)10(8-13)14-11(15)7-9-5-3-2-4-6-9/h2-6,10H,7-8H2,1H3,(H,14,15). The zero-order chi connectivity index (χ0) is 12.7. The number of rotatable bonds is 5. The van der Waals surface area contributed by atoms with E-state index in [1.807, 2.05) is 30.3 Å². The van der Waals surface area contributed by atoms with Gasteiger partial charge in [-0.15, -0.1) is 11.6 Å². The Hall–Kier alpha value is -1.55. The lowest BCUT2D eigenvalue weighted by Gasteiger charge is -2.13. The maximum absolute atomic E-state index is 11.6. The second-order valence-corrected chi connectivity index (χ2v) is 3.77. The average Bonchev–Trinajstić information content (AvgIpc) is 2.36. The zero-order valence-corrected chi connectivity index (χ0v) is 10.2. The van der Waals surface area contributed by atoms with Crippen LogP contribution in [0.4, 0.5) is 0 Å². The lowest BCUT2D eigenvalue weighted by Crippen LogP contribution is -2.43. The van der Waals surface area contributed by atoms with Crippen LogP contribution in [0.25, 0.3) is 0 Å². The van der Waals surface area contributed by atoms with Gasteiger partial charge in [0, 0.05) is 0 Å². The van der Waals surface area contributed by atoms with E-state index in [-0.39, 0.29) is 18.2 Å². The summed E-state index contributed by atoms with van der Waals surface area (Å²) in [5.41, 5.74) is 0.878. The van der Waals surface area contributed by atoms with Crippen LogP contribution >= 0.6 is 11.6 Å². The first-order chi connectivity index (χ1) is 8.17. The summed E-state index contributed by atoms with van der Waals surface area (Å²) in [4.78, 5) is 22.8. The fourth-order valence-electron chi connectivity index (χ4n) is 1.33. The number of hydrogen-bond acceptors (Lipinski definition) is 3. The molecule has 0 spiro atoms. The molecule has 0 fully saturated rings. The van der Waals surface area contributed by atoms with Gasteiger partial charge in [-0.1, -0.05) is 30.3 Å². The molecule has 17 heavy (non-hydrogen) atoms. The first-order valence-electron chi connectivity index (χ1n) is 5.14. The quantitative estimate of drug-likeness (QED) is 0.634. The summed E-state index contributed by atoms with van der Waals surface area (Å²) in [6, 6.07) is 8.46. The Labute approximate surface area is 105 Å². The van der Waals surface area contributed by atoms with Crippen molar-refractivity contribution in [3.8, 4) is 0 Å². The molecule has 92 valence electrons. The number of esters is 1. The second kappa shape index (κ2) is 6.91. The van der Waals surface area contributed by atoms with Crippen LogP contribution in [-0.2, 0) is 20.7 Å². The maximum atomic E-state index is 11.6. The number of halogens is 1. The van der Waals surface area contributed by atoms with E-state index in [0.29, 0.717) is 0 Å². The van der Waals surface area contributed by atoms with Gasteiger partial charge in [-0.3, -0.25) is 4.79 Å². The lowest BCUT2D eigenvalue weighted by molar-refractivity contribution is -0.144. The molecular formula is C12H14ClNO3. The van der Waals surface area contributed by atoms with Crippen molar-refractivity contribution in [2.45, 2.75) is 12.5 Å². The van der Waals surface area contributed by atoms with Crippen LogP contribution in [0.5, 0.6) is 0 Å². The van der Waals surface area contributed by atoms with Crippen molar-refractivity contribution >= 4 is 23.5 Å². The van der Waals surface area contributed by atoms with Gasteiger partial charge in [0.2, 0.25) is 5.91 Å². The first kappa shape index (κ1) is 13.5. The Kier molecular flexibility index (Phi) is 5.49. The van der Waals surface area contributed by atoms with Gasteiger partial charge in [-0.25, -0.2) is 4.79 Å². The smallest absolute Gasteiger partial charge is 0.329 e. The fraction of sp³-hybridized carbons (Fsp3) is 0.333. The molecular weight excluding hydrogens is 242 g/mol. The molecule has 1 aromatic carbocycles. The lowest BCUT2D eigenvalue weighted by atomic mass is 10.1. The van der Waals surface area contributed by atoms with Crippen molar-refractivity contribution in [3.63, 3.8) is 0 Å². The summed E-state index contributed by atoms with van der Waals surface area (Å²) >= 11 is 5.57. The van der Waals surface area contributed by atoms with E-state index in [2.05, 4.69) is 10.1 Å². The van der Waals surface area contributed by atoms with Gasteiger partial charge >= 0.3 is 5.97 Å². The zero-order valence-electron chi connectivity index (χ0n) is 9.48. The number of ether oxygens (including phenoxy) is 1. The monoisotopic (exact) mass is 255 g/mol. The minimum Gasteiger partial charge on any atom is -0.467 e. The minimum atomic E-state index is -0.794. The molecule has 1 aromatic rings. The number of alkyl halides is 1. The van der Waals surface area contributed by atoms with E-state index in [1.165, 1.54) is 7.11 Å². The molecule has 5 heteroatoms. The van der Waals surface area contributed by atoms with Crippen LogP contribution in [0.3, 0.4) is 0 Å². The van der Waals surface area contributed by atoms with E-state index in [4.69, 9.17) is 11.6 Å². The molecule has 0 aliphatic carbocycles.